The van der Waals surface area contributed by atoms with Crippen molar-refractivity contribution < 1.29 is 9.15 Å². The zero-order valence-corrected chi connectivity index (χ0v) is 12.7. The van der Waals surface area contributed by atoms with Gasteiger partial charge in [0.25, 0.3) is 0 Å². The van der Waals surface area contributed by atoms with E-state index in [1.807, 2.05) is 7.05 Å². The molecule has 0 aromatic carbocycles. The molecule has 0 radical (unpaired) electrons. The van der Waals surface area contributed by atoms with Gasteiger partial charge in [-0.2, -0.15) is 0 Å². The average Bonchev–Trinajstić information content (AvgIpc) is 2.56. The minimum absolute atomic E-state index is 0.0763. The van der Waals surface area contributed by atoms with Crippen LogP contribution in [-0.2, 0) is 17.8 Å². The summed E-state index contributed by atoms with van der Waals surface area (Å²) in [4.78, 5) is 2.41. The molecule has 108 valence electrons. The van der Waals surface area contributed by atoms with Crippen LogP contribution in [0.4, 0.5) is 0 Å². The van der Waals surface area contributed by atoms with Gasteiger partial charge in [0.2, 0.25) is 0 Å². The predicted octanol–water partition coefficient (Wildman–Crippen LogP) is 2.31. The Kier molecular flexibility index (Phi) is 4.33. The molecular formula is C15H26N2O2. The van der Waals surface area contributed by atoms with Crippen LogP contribution in [0.5, 0.6) is 0 Å². The lowest BCUT2D eigenvalue weighted by Crippen LogP contribution is -2.51. The summed E-state index contributed by atoms with van der Waals surface area (Å²) >= 11 is 0. The number of nitrogens with one attached hydrogen (secondary N) is 1. The minimum atomic E-state index is -0.0763. The SMILES string of the molecule is CNCc1oc(CN2CC(C)OC(C)(C)C2)cc1C. The molecule has 0 aliphatic carbocycles. The molecule has 1 unspecified atom stereocenters. The van der Waals surface area contributed by atoms with E-state index in [1.54, 1.807) is 0 Å². The van der Waals surface area contributed by atoms with Gasteiger partial charge in [-0.15, -0.1) is 0 Å². The van der Waals surface area contributed by atoms with Gasteiger partial charge < -0.3 is 14.5 Å². The Morgan fingerprint density at radius 2 is 2.21 bits per heavy atom. The average molecular weight is 266 g/mol. The molecule has 1 fully saturated rings. The van der Waals surface area contributed by atoms with Gasteiger partial charge in [-0.3, -0.25) is 4.90 Å². The summed E-state index contributed by atoms with van der Waals surface area (Å²) in [6.07, 6.45) is 0.275. The molecule has 1 atom stereocenters. The highest BCUT2D eigenvalue weighted by Crippen LogP contribution is 2.23. The van der Waals surface area contributed by atoms with Gasteiger partial charge >= 0.3 is 0 Å². The fourth-order valence-electron chi connectivity index (χ4n) is 2.93. The number of furan rings is 1. The van der Waals surface area contributed by atoms with Crippen molar-refractivity contribution in [2.24, 2.45) is 0 Å². The minimum Gasteiger partial charge on any atom is -0.463 e. The quantitative estimate of drug-likeness (QED) is 0.907. The molecule has 19 heavy (non-hydrogen) atoms. The first-order chi connectivity index (χ1) is 8.89. The summed E-state index contributed by atoms with van der Waals surface area (Å²) < 4.78 is 11.8. The van der Waals surface area contributed by atoms with Crippen molar-refractivity contribution in [2.75, 3.05) is 20.1 Å². The van der Waals surface area contributed by atoms with Crippen molar-refractivity contribution >= 4 is 0 Å². The van der Waals surface area contributed by atoms with Crippen molar-refractivity contribution in [3.8, 4) is 0 Å². The molecule has 0 spiro atoms. The van der Waals surface area contributed by atoms with Crippen LogP contribution in [0.25, 0.3) is 0 Å². The lowest BCUT2D eigenvalue weighted by atomic mass is 10.1. The monoisotopic (exact) mass is 266 g/mol. The largest absolute Gasteiger partial charge is 0.463 e. The first-order valence-corrected chi connectivity index (χ1v) is 7.02. The molecule has 2 heterocycles. The van der Waals surface area contributed by atoms with E-state index in [1.165, 1.54) is 5.56 Å². The molecule has 1 aromatic rings. The molecule has 2 rings (SSSR count). The molecule has 1 aliphatic heterocycles. The van der Waals surface area contributed by atoms with Gasteiger partial charge in [0.1, 0.15) is 11.5 Å². The predicted molar refractivity (Wildman–Crippen MR) is 76.1 cm³/mol. The lowest BCUT2D eigenvalue weighted by molar-refractivity contribution is -0.131. The van der Waals surface area contributed by atoms with Crippen LogP contribution < -0.4 is 5.32 Å². The molecular weight excluding hydrogens is 240 g/mol. The summed E-state index contributed by atoms with van der Waals surface area (Å²) in [6, 6.07) is 2.15. The number of ether oxygens (including phenoxy) is 1. The first kappa shape index (κ1) is 14.6. The van der Waals surface area contributed by atoms with Crippen molar-refractivity contribution in [1.29, 1.82) is 0 Å². The van der Waals surface area contributed by atoms with Crippen LogP contribution >= 0.6 is 0 Å². The van der Waals surface area contributed by atoms with Gasteiger partial charge in [-0.1, -0.05) is 0 Å². The van der Waals surface area contributed by atoms with Crippen LogP contribution in [-0.4, -0.2) is 36.7 Å². The third-order valence-electron chi connectivity index (χ3n) is 3.43. The van der Waals surface area contributed by atoms with E-state index in [0.717, 1.165) is 37.7 Å². The van der Waals surface area contributed by atoms with E-state index >= 15 is 0 Å². The van der Waals surface area contributed by atoms with Crippen LogP contribution in [0, 0.1) is 6.92 Å². The Balaban J connectivity index is 2.02. The van der Waals surface area contributed by atoms with Gasteiger partial charge in [-0.05, 0) is 46.4 Å². The first-order valence-electron chi connectivity index (χ1n) is 7.02. The van der Waals surface area contributed by atoms with Crippen molar-refractivity contribution in [1.82, 2.24) is 10.2 Å². The highest BCUT2D eigenvalue weighted by Gasteiger charge is 2.31. The van der Waals surface area contributed by atoms with Gasteiger partial charge in [-0.25, -0.2) is 0 Å². The Morgan fingerprint density at radius 1 is 1.47 bits per heavy atom. The second-order valence-electron chi connectivity index (χ2n) is 6.21. The van der Waals surface area contributed by atoms with E-state index < -0.39 is 0 Å². The smallest absolute Gasteiger partial charge is 0.120 e. The fraction of sp³-hybridized carbons (Fsp3) is 0.733. The molecule has 0 bridgehead atoms. The maximum atomic E-state index is 5.93. The molecule has 1 aliphatic rings. The molecule has 0 saturated carbocycles. The van der Waals surface area contributed by atoms with Crippen molar-refractivity contribution in [3.63, 3.8) is 0 Å². The van der Waals surface area contributed by atoms with Crippen LogP contribution in [0.1, 0.15) is 37.9 Å². The molecule has 1 aromatic heterocycles. The number of morpholine rings is 1. The van der Waals surface area contributed by atoms with E-state index in [-0.39, 0.29) is 11.7 Å². The summed E-state index contributed by atoms with van der Waals surface area (Å²) in [7, 11) is 1.94. The Bertz CT molecular complexity index is 426. The van der Waals surface area contributed by atoms with Crippen molar-refractivity contribution in [3.05, 3.63) is 23.2 Å². The molecule has 4 heteroatoms. The second kappa shape index (κ2) is 5.65. The Labute approximate surface area is 116 Å². The van der Waals surface area contributed by atoms with E-state index in [0.29, 0.717) is 0 Å². The molecule has 1 N–H and O–H groups in total. The Morgan fingerprint density at radius 3 is 2.84 bits per heavy atom. The maximum Gasteiger partial charge on any atom is 0.120 e. The lowest BCUT2D eigenvalue weighted by Gasteiger charge is -2.41. The van der Waals surface area contributed by atoms with Crippen LogP contribution in [0.2, 0.25) is 0 Å². The number of rotatable bonds is 4. The topological polar surface area (TPSA) is 37.6 Å². The van der Waals surface area contributed by atoms with E-state index in [9.17, 15) is 0 Å². The van der Waals surface area contributed by atoms with Gasteiger partial charge in [0, 0.05) is 13.1 Å². The zero-order chi connectivity index (χ0) is 14.0. The van der Waals surface area contributed by atoms with E-state index in [2.05, 4.69) is 44.0 Å². The fourth-order valence-corrected chi connectivity index (χ4v) is 2.93. The van der Waals surface area contributed by atoms with Crippen LogP contribution in [0.3, 0.4) is 0 Å². The number of aryl methyl sites for hydroxylation is 1. The summed E-state index contributed by atoms with van der Waals surface area (Å²) in [5.41, 5.74) is 1.15. The normalized spacial score (nSPS) is 23.7. The third-order valence-corrected chi connectivity index (χ3v) is 3.43. The summed E-state index contributed by atoms with van der Waals surface area (Å²) in [5.74, 6) is 2.09. The van der Waals surface area contributed by atoms with Crippen LogP contribution in [0.15, 0.2) is 10.5 Å². The summed E-state index contributed by atoms with van der Waals surface area (Å²) in [5, 5.41) is 3.13. The highest BCUT2D eigenvalue weighted by molar-refractivity contribution is 5.20. The molecule has 4 nitrogen and oxygen atoms in total. The number of hydrogen-bond acceptors (Lipinski definition) is 4. The standard InChI is InChI=1S/C15H26N2O2/c1-11-6-13(18-14(11)7-16-5)9-17-8-12(2)19-15(3,4)10-17/h6,12,16H,7-10H2,1-5H3. The molecule has 1 saturated heterocycles. The third kappa shape index (κ3) is 3.81. The highest BCUT2D eigenvalue weighted by atomic mass is 16.5. The van der Waals surface area contributed by atoms with Crippen molar-refractivity contribution in [2.45, 2.75) is 52.5 Å². The zero-order valence-electron chi connectivity index (χ0n) is 12.7. The van der Waals surface area contributed by atoms with Gasteiger partial charge in [0.15, 0.2) is 0 Å². The summed E-state index contributed by atoms with van der Waals surface area (Å²) in [6.45, 7) is 12.1. The Hall–Kier alpha value is -0.840. The molecule has 0 amide bonds. The number of nitrogens with zero attached hydrogens (tertiary/aromatic N) is 1. The second-order valence-corrected chi connectivity index (χ2v) is 6.21. The maximum absolute atomic E-state index is 5.93. The number of hydrogen-bond donors (Lipinski definition) is 1. The van der Waals surface area contributed by atoms with E-state index in [4.69, 9.17) is 9.15 Å². The van der Waals surface area contributed by atoms with Gasteiger partial charge in [0.05, 0.1) is 24.8 Å².